The second-order valence-electron chi connectivity index (χ2n) is 9.26. The van der Waals surface area contributed by atoms with Crippen LogP contribution in [0.15, 0.2) is 84.9 Å². The Kier molecular flexibility index (Phi) is 6.10. The fraction of sp³-hybridized carbons (Fsp3) is 0.296. The van der Waals surface area contributed by atoms with Crippen molar-refractivity contribution in [2.45, 2.75) is 32.2 Å². The Balaban J connectivity index is 1.51. The Bertz CT molecular complexity index is 1010. The van der Waals surface area contributed by atoms with Crippen molar-refractivity contribution >= 4 is 23.0 Å². The molecule has 2 N–H and O–H groups in total. The first-order valence-corrected chi connectivity index (χ1v) is 10.9. The van der Waals surface area contributed by atoms with Gasteiger partial charge in [-0.1, -0.05) is 54.6 Å². The number of amides is 1. The predicted octanol–water partition coefficient (Wildman–Crippen LogP) is 5.88. The fourth-order valence-corrected chi connectivity index (χ4v) is 4.25. The van der Waals surface area contributed by atoms with Gasteiger partial charge in [-0.05, 0) is 56.7 Å². The molecule has 3 aromatic carbocycles. The van der Waals surface area contributed by atoms with E-state index in [9.17, 15) is 4.79 Å². The van der Waals surface area contributed by atoms with Gasteiger partial charge in [0.1, 0.15) is 0 Å². The van der Waals surface area contributed by atoms with Crippen LogP contribution in [0.3, 0.4) is 0 Å². The molecule has 1 heterocycles. The van der Waals surface area contributed by atoms with E-state index < -0.39 is 0 Å². The molecular weight excluding hydrogens is 382 g/mol. The predicted molar refractivity (Wildman–Crippen MR) is 129 cm³/mol. The molecular formula is C27H31N3O. The third-order valence-electron chi connectivity index (χ3n) is 6.03. The van der Waals surface area contributed by atoms with Crippen molar-refractivity contribution in [3.05, 3.63) is 90.5 Å². The van der Waals surface area contributed by atoms with Crippen LogP contribution in [0.5, 0.6) is 0 Å². The smallest absolute Gasteiger partial charge is 0.229 e. The molecule has 1 amide bonds. The highest BCUT2D eigenvalue weighted by Gasteiger charge is 2.41. The van der Waals surface area contributed by atoms with Gasteiger partial charge in [-0.2, -0.15) is 0 Å². The molecule has 1 aliphatic rings. The van der Waals surface area contributed by atoms with E-state index in [-0.39, 0.29) is 23.3 Å². The van der Waals surface area contributed by atoms with Gasteiger partial charge in [-0.15, -0.1) is 0 Å². The summed E-state index contributed by atoms with van der Waals surface area (Å²) >= 11 is 0. The summed E-state index contributed by atoms with van der Waals surface area (Å²) in [5.41, 5.74) is 4.04. The van der Waals surface area contributed by atoms with Crippen molar-refractivity contribution in [3.63, 3.8) is 0 Å². The number of para-hydroxylation sites is 1. The minimum Gasteiger partial charge on any atom is -0.355 e. The van der Waals surface area contributed by atoms with Crippen molar-refractivity contribution in [1.29, 1.82) is 0 Å². The Labute approximate surface area is 185 Å². The van der Waals surface area contributed by atoms with Crippen LogP contribution < -0.4 is 10.6 Å². The molecule has 160 valence electrons. The maximum Gasteiger partial charge on any atom is 0.229 e. The summed E-state index contributed by atoms with van der Waals surface area (Å²) in [4.78, 5) is 15.8. The topological polar surface area (TPSA) is 44.4 Å². The van der Waals surface area contributed by atoms with Crippen LogP contribution in [-0.2, 0) is 4.79 Å². The highest BCUT2D eigenvalue weighted by Crippen LogP contribution is 2.37. The summed E-state index contributed by atoms with van der Waals surface area (Å²) in [5.74, 6) is 0.177. The lowest BCUT2D eigenvalue weighted by Crippen LogP contribution is -2.40. The van der Waals surface area contributed by atoms with Crippen LogP contribution in [0.1, 0.15) is 32.3 Å². The molecule has 2 atom stereocenters. The molecule has 0 bridgehead atoms. The number of hydrogen-bond donors (Lipinski definition) is 2. The second kappa shape index (κ2) is 8.94. The van der Waals surface area contributed by atoms with Gasteiger partial charge >= 0.3 is 0 Å². The maximum atomic E-state index is 13.4. The molecule has 1 aliphatic heterocycles. The van der Waals surface area contributed by atoms with E-state index in [1.54, 1.807) is 0 Å². The first-order chi connectivity index (χ1) is 14.9. The lowest BCUT2D eigenvalue weighted by Gasteiger charge is -2.31. The number of nitrogens with zero attached hydrogens (tertiary/aromatic N) is 1. The van der Waals surface area contributed by atoms with E-state index in [0.717, 1.165) is 30.2 Å². The summed E-state index contributed by atoms with van der Waals surface area (Å²) in [6, 6.07) is 28.4. The van der Waals surface area contributed by atoms with Gasteiger partial charge in [-0.3, -0.25) is 9.69 Å². The summed E-state index contributed by atoms with van der Waals surface area (Å²) in [6.45, 7) is 8.30. The third kappa shape index (κ3) is 5.15. The van der Waals surface area contributed by atoms with E-state index in [1.807, 2.05) is 60.7 Å². The van der Waals surface area contributed by atoms with E-state index in [1.165, 1.54) is 5.56 Å². The molecule has 1 saturated heterocycles. The van der Waals surface area contributed by atoms with Gasteiger partial charge in [0, 0.05) is 41.6 Å². The van der Waals surface area contributed by atoms with Crippen molar-refractivity contribution in [2.24, 2.45) is 5.92 Å². The number of likely N-dealkylation sites (tertiary alicyclic amines) is 1. The third-order valence-corrected chi connectivity index (χ3v) is 6.03. The number of anilines is 3. The van der Waals surface area contributed by atoms with Crippen molar-refractivity contribution in [2.75, 3.05) is 23.7 Å². The van der Waals surface area contributed by atoms with Gasteiger partial charge in [0.05, 0.1) is 5.92 Å². The number of nitrogens with one attached hydrogen (secondary N) is 2. The maximum absolute atomic E-state index is 13.4. The zero-order chi connectivity index (χ0) is 21.8. The van der Waals surface area contributed by atoms with Crippen LogP contribution >= 0.6 is 0 Å². The summed E-state index contributed by atoms with van der Waals surface area (Å²) < 4.78 is 0. The average molecular weight is 414 g/mol. The van der Waals surface area contributed by atoms with Crippen molar-refractivity contribution in [3.8, 4) is 0 Å². The summed E-state index contributed by atoms with van der Waals surface area (Å²) in [5, 5.41) is 6.57. The number of hydrogen-bond acceptors (Lipinski definition) is 3. The van der Waals surface area contributed by atoms with E-state index >= 15 is 0 Å². The average Bonchev–Trinajstić information content (AvgIpc) is 3.22. The van der Waals surface area contributed by atoms with E-state index in [0.29, 0.717) is 0 Å². The Hall–Kier alpha value is -3.11. The molecule has 3 aromatic rings. The normalized spacial score (nSPS) is 19.2. The Morgan fingerprint density at radius 3 is 2.10 bits per heavy atom. The molecule has 0 aromatic heterocycles. The van der Waals surface area contributed by atoms with Crippen LogP contribution in [0.25, 0.3) is 0 Å². The first kappa shape index (κ1) is 21.1. The van der Waals surface area contributed by atoms with E-state index in [4.69, 9.17) is 0 Å². The van der Waals surface area contributed by atoms with Crippen LogP contribution in [0, 0.1) is 5.92 Å². The van der Waals surface area contributed by atoms with Crippen LogP contribution in [0.2, 0.25) is 0 Å². The van der Waals surface area contributed by atoms with Gasteiger partial charge in [0.15, 0.2) is 0 Å². The van der Waals surface area contributed by atoms with Crippen LogP contribution in [-0.4, -0.2) is 29.4 Å². The number of rotatable bonds is 5. The summed E-state index contributed by atoms with van der Waals surface area (Å²) in [7, 11) is 0. The molecule has 0 radical (unpaired) electrons. The molecule has 31 heavy (non-hydrogen) atoms. The zero-order valence-corrected chi connectivity index (χ0v) is 18.5. The lowest BCUT2D eigenvalue weighted by atomic mass is 9.88. The number of carbonyl (C=O) groups is 1. The minimum atomic E-state index is -0.0904. The number of benzene rings is 3. The molecule has 0 aliphatic carbocycles. The van der Waals surface area contributed by atoms with Gasteiger partial charge in [-0.25, -0.2) is 0 Å². The van der Waals surface area contributed by atoms with Gasteiger partial charge < -0.3 is 10.6 Å². The molecule has 4 nitrogen and oxygen atoms in total. The number of carbonyl (C=O) groups excluding carboxylic acids is 1. The Morgan fingerprint density at radius 1 is 0.806 bits per heavy atom. The highest BCUT2D eigenvalue weighted by atomic mass is 16.2. The van der Waals surface area contributed by atoms with Gasteiger partial charge in [0.2, 0.25) is 5.91 Å². The van der Waals surface area contributed by atoms with Crippen molar-refractivity contribution in [1.82, 2.24) is 4.90 Å². The summed E-state index contributed by atoms with van der Waals surface area (Å²) in [6.07, 6.45) is 0. The fourth-order valence-electron chi connectivity index (χ4n) is 4.25. The minimum absolute atomic E-state index is 0.0293. The monoisotopic (exact) mass is 413 g/mol. The SMILES string of the molecule is CC(C)(C)N1C[C@H](C(=O)Nc2cccc(Nc3ccccc3)c2)[C@@H](c2ccccc2)C1. The van der Waals surface area contributed by atoms with E-state index in [2.05, 4.69) is 60.6 Å². The zero-order valence-electron chi connectivity index (χ0n) is 18.5. The molecule has 0 unspecified atom stereocenters. The quantitative estimate of drug-likeness (QED) is 0.549. The standard InChI is InChI=1S/C27H31N3O/c1-27(2,3)30-18-24(20-11-6-4-7-12-20)25(19-30)26(31)29-23-16-10-15-22(17-23)28-21-13-8-5-9-14-21/h4-17,24-25,28H,18-19H2,1-3H3,(H,29,31)/t24-,25+/m1/s1. The second-order valence-corrected chi connectivity index (χ2v) is 9.26. The van der Waals surface area contributed by atoms with Crippen molar-refractivity contribution < 1.29 is 4.79 Å². The molecule has 4 heteroatoms. The molecule has 0 spiro atoms. The first-order valence-electron chi connectivity index (χ1n) is 10.9. The Morgan fingerprint density at radius 2 is 1.42 bits per heavy atom. The largest absolute Gasteiger partial charge is 0.355 e. The molecule has 0 saturated carbocycles. The molecule has 4 rings (SSSR count). The lowest BCUT2D eigenvalue weighted by molar-refractivity contribution is -0.120. The molecule has 1 fully saturated rings. The van der Waals surface area contributed by atoms with Crippen LogP contribution in [0.4, 0.5) is 17.1 Å². The highest BCUT2D eigenvalue weighted by molar-refractivity contribution is 5.94. The van der Waals surface area contributed by atoms with Gasteiger partial charge in [0.25, 0.3) is 0 Å².